The molecule has 0 aliphatic rings. The Morgan fingerprint density at radius 1 is 1.07 bits per heavy atom. The first-order valence-electron chi connectivity index (χ1n) is 9.19. The third-order valence-electron chi connectivity index (χ3n) is 4.50. The molecule has 3 aromatic rings. The summed E-state index contributed by atoms with van der Waals surface area (Å²) in [6, 6.07) is 20.8. The SMILES string of the molecule is Cc1cc(C(C=N)=C(N)c2cccc(OCc3ccccc3C#N)c2)cc(C)n1. The van der Waals surface area contributed by atoms with Crippen LogP contribution in [0, 0.1) is 30.6 Å². The van der Waals surface area contributed by atoms with Crippen LogP contribution in [0.15, 0.2) is 60.7 Å². The van der Waals surface area contributed by atoms with Gasteiger partial charge < -0.3 is 15.9 Å². The summed E-state index contributed by atoms with van der Waals surface area (Å²) in [4.78, 5) is 4.38. The molecular formula is C24H22N4O. The van der Waals surface area contributed by atoms with Crippen LogP contribution in [-0.2, 0) is 6.61 Å². The number of rotatable bonds is 6. The number of ether oxygens (including phenoxy) is 1. The van der Waals surface area contributed by atoms with Crippen molar-refractivity contribution in [2.45, 2.75) is 20.5 Å². The molecule has 0 spiro atoms. The van der Waals surface area contributed by atoms with Gasteiger partial charge in [-0.3, -0.25) is 4.98 Å². The van der Waals surface area contributed by atoms with Crippen LogP contribution in [-0.4, -0.2) is 11.2 Å². The fraction of sp³-hybridized carbons (Fsp3) is 0.125. The molecule has 29 heavy (non-hydrogen) atoms. The van der Waals surface area contributed by atoms with Crippen molar-refractivity contribution in [1.29, 1.82) is 10.7 Å². The first-order valence-corrected chi connectivity index (χ1v) is 9.19. The summed E-state index contributed by atoms with van der Waals surface area (Å²) in [5, 5.41) is 17.1. The number of hydrogen-bond acceptors (Lipinski definition) is 5. The zero-order valence-electron chi connectivity index (χ0n) is 16.4. The van der Waals surface area contributed by atoms with Crippen LogP contribution in [0.1, 0.15) is 33.6 Å². The Morgan fingerprint density at radius 2 is 1.79 bits per heavy atom. The van der Waals surface area contributed by atoms with E-state index in [2.05, 4.69) is 11.1 Å². The Kier molecular flexibility index (Phi) is 6.06. The Bertz CT molecular complexity index is 1110. The maximum absolute atomic E-state index is 9.21. The second kappa shape index (κ2) is 8.85. The zero-order valence-corrected chi connectivity index (χ0v) is 16.4. The largest absolute Gasteiger partial charge is 0.489 e. The van der Waals surface area contributed by atoms with Crippen molar-refractivity contribution in [3.05, 3.63) is 94.3 Å². The normalized spacial score (nSPS) is 11.3. The van der Waals surface area contributed by atoms with Crippen LogP contribution in [0.4, 0.5) is 0 Å². The number of nitrogens with zero attached hydrogens (tertiary/aromatic N) is 2. The van der Waals surface area contributed by atoms with Gasteiger partial charge in [0.2, 0.25) is 0 Å². The second-order valence-electron chi connectivity index (χ2n) is 6.70. The predicted octanol–water partition coefficient (Wildman–Crippen LogP) is 4.63. The molecule has 0 unspecified atom stereocenters. The summed E-state index contributed by atoms with van der Waals surface area (Å²) >= 11 is 0. The van der Waals surface area contributed by atoms with E-state index in [4.69, 9.17) is 15.9 Å². The average molecular weight is 382 g/mol. The minimum absolute atomic E-state index is 0.289. The minimum atomic E-state index is 0.289. The van der Waals surface area contributed by atoms with Gasteiger partial charge in [-0.05, 0) is 49.7 Å². The quantitative estimate of drug-likeness (QED) is 0.608. The molecule has 1 aromatic heterocycles. The molecule has 2 aromatic carbocycles. The van der Waals surface area contributed by atoms with E-state index in [-0.39, 0.29) is 6.61 Å². The lowest BCUT2D eigenvalue weighted by atomic mass is 10.00. The number of aryl methyl sites for hydroxylation is 2. The molecule has 5 heteroatoms. The summed E-state index contributed by atoms with van der Waals surface area (Å²) in [6.45, 7) is 4.13. The van der Waals surface area contributed by atoms with Crippen LogP contribution >= 0.6 is 0 Å². The summed E-state index contributed by atoms with van der Waals surface area (Å²) in [6.07, 6.45) is 1.26. The molecule has 0 radical (unpaired) electrons. The van der Waals surface area contributed by atoms with Gasteiger partial charge in [0.1, 0.15) is 12.4 Å². The molecule has 0 amide bonds. The Balaban J connectivity index is 1.90. The molecule has 3 N–H and O–H groups in total. The molecule has 0 fully saturated rings. The van der Waals surface area contributed by atoms with Gasteiger partial charge in [0.05, 0.1) is 11.6 Å². The van der Waals surface area contributed by atoms with E-state index in [0.717, 1.165) is 28.1 Å². The van der Waals surface area contributed by atoms with Gasteiger partial charge in [-0.2, -0.15) is 5.26 Å². The van der Waals surface area contributed by atoms with E-state index < -0.39 is 0 Å². The number of benzene rings is 2. The summed E-state index contributed by atoms with van der Waals surface area (Å²) in [7, 11) is 0. The molecule has 0 aliphatic carbocycles. The molecule has 0 aliphatic heterocycles. The smallest absolute Gasteiger partial charge is 0.120 e. The van der Waals surface area contributed by atoms with E-state index in [1.54, 1.807) is 6.07 Å². The van der Waals surface area contributed by atoms with Crippen molar-refractivity contribution in [2.24, 2.45) is 5.73 Å². The maximum Gasteiger partial charge on any atom is 0.120 e. The average Bonchev–Trinajstić information content (AvgIpc) is 2.72. The van der Waals surface area contributed by atoms with Crippen molar-refractivity contribution in [2.75, 3.05) is 0 Å². The number of nitrogens with two attached hydrogens (primary N) is 1. The lowest BCUT2D eigenvalue weighted by Crippen LogP contribution is -2.04. The molecule has 0 saturated heterocycles. The third kappa shape index (κ3) is 4.69. The molecule has 0 atom stereocenters. The van der Waals surface area contributed by atoms with E-state index >= 15 is 0 Å². The topological polar surface area (TPSA) is 95.8 Å². The minimum Gasteiger partial charge on any atom is -0.489 e. The number of pyridine rings is 1. The summed E-state index contributed by atoms with van der Waals surface area (Å²) in [5.41, 5.74) is 12.3. The van der Waals surface area contributed by atoms with Crippen LogP contribution in [0.3, 0.4) is 0 Å². The molecule has 0 bridgehead atoms. The number of hydrogen-bond donors (Lipinski definition) is 2. The van der Waals surface area contributed by atoms with E-state index in [9.17, 15) is 5.26 Å². The van der Waals surface area contributed by atoms with Crippen molar-refractivity contribution in [1.82, 2.24) is 4.98 Å². The third-order valence-corrected chi connectivity index (χ3v) is 4.50. The highest BCUT2D eigenvalue weighted by Crippen LogP contribution is 2.25. The van der Waals surface area contributed by atoms with Crippen molar-refractivity contribution in [3.8, 4) is 11.8 Å². The van der Waals surface area contributed by atoms with Crippen LogP contribution < -0.4 is 10.5 Å². The van der Waals surface area contributed by atoms with Crippen molar-refractivity contribution in [3.63, 3.8) is 0 Å². The molecule has 1 heterocycles. The van der Waals surface area contributed by atoms with Crippen LogP contribution in [0.2, 0.25) is 0 Å². The lowest BCUT2D eigenvalue weighted by Gasteiger charge is -2.12. The Hall–Kier alpha value is -3.91. The lowest BCUT2D eigenvalue weighted by molar-refractivity contribution is 0.306. The fourth-order valence-electron chi connectivity index (χ4n) is 3.13. The zero-order chi connectivity index (χ0) is 20.8. The molecule has 5 nitrogen and oxygen atoms in total. The van der Waals surface area contributed by atoms with Crippen molar-refractivity contribution >= 4 is 17.5 Å². The molecular weight excluding hydrogens is 360 g/mol. The first-order chi connectivity index (χ1) is 14.0. The van der Waals surface area contributed by atoms with Gasteiger partial charge in [-0.1, -0.05) is 30.3 Å². The van der Waals surface area contributed by atoms with E-state index in [0.29, 0.717) is 22.6 Å². The summed E-state index contributed by atoms with van der Waals surface area (Å²) in [5.74, 6) is 0.643. The van der Waals surface area contributed by atoms with E-state index in [1.165, 1.54) is 6.21 Å². The number of aromatic nitrogens is 1. The Morgan fingerprint density at radius 3 is 2.48 bits per heavy atom. The van der Waals surface area contributed by atoms with Gasteiger partial charge in [0.15, 0.2) is 0 Å². The maximum atomic E-state index is 9.21. The highest BCUT2D eigenvalue weighted by atomic mass is 16.5. The number of allylic oxidation sites excluding steroid dienone is 1. The predicted molar refractivity (Wildman–Crippen MR) is 115 cm³/mol. The van der Waals surface area contributed by atoms with E-state index in [1.807, 2.05) is 68.4 Å². The monoisotopic (exact) mass is 382 g/mol. The first kappa shape index (κ1) is 19.8. The molecule has 0 saturated carbocycles. The van der Waals surface area contributed by atoms with Gasteiger partial charge in [-0.25, -0.2) is 0 Å². The fourth-order valence-corrected chi connectivity index (χ4v) is 3.13. The highest BCUT2D eigenvalue weighted by Gasteiger charge is 2.10. The number of nitrogens with one attached hydrogen (secondary N) is 1. The highest BCUT2D eigenvalue weighted by molar-refractivity contribution is 6.17. The molecule has 144 valence electrons. The van der Waals surface area contributed by atoms with Gasteiger partial charge in [-0.15, -0.1) is 0 Å². The Labute approximate surface area is 170 Å². The molecule has 3 rings (SSSR count). The van der Waals surface area contributed by atoms with Gasteiger partial charge >= 0.3 is 0 Å². The van der Waals surface area contributed by atoms with Gasteiger partial charge in [0, 0.05) is 40.0 Å². The van der Waals surface area contributed by atoms with Gasteiger partial charge in [0.25, 0.3) is 0 Å². The van der Waals surface area contributed by atoms with Crippen molar-refractivity contribution < 1.29 is 4.74 Å². The van der Waals surface area contributed by atoms with Crippen LogP contribution in [0.5, 0.6) is 5.75 Å². The number of nitriles is 1. The summed E-state index contributed by atoms with van der Waals surface area (Å²) < 4.78 is 5.89. The second-order valence-corrected chi connectivity index (χ2v) is 6.70. The standard InChI is InChI=1S/C24H22N4O/c1-16-10-21(11-17(2)28-16)23(14-26)24(27)18-8-5-9-22(12-18)29-15-20-7-4-3-6-19(20)13-25/h3-12,14,26H,15,27H2,1-2H3. The van der Waals surface area contributed by atoms with Crippen LogP contribution in [0.25, 0.3) is 11.3 Å².